The Kier molecular flexibility index (Phi) is 6.82. The molecule has 0 radical (unpaired) electrons. The van der Waals surface area contributed by atoms with Gasteiger partial charge < -0.3 is 9.64 Å². The van der Waals surface area contributed by atoms with Gasteiger partial charge in [0.05, 0.1) is 23.0 Å². The minimum atomic E-state index is -1.10. The molecule has 28 heavy (non-hydrogen) atoms. The molecular formula is C20H19N3O5. The number of nitriles is 1. The van der Waals surface area contributed by atoms with Gasteiger partial charge in [0.15, 0.2) is 6.10 Å². The topological polar surface area (TPSA) is 114 Å². The highest BCUT2D eigenvalue weighted by Crippen LogP contribution is 2.20. The molecule has 8 nitrogen and oxygen atoms in total. The van der Waals surface area contributed by atoms with E-state index in [0.717, 1.165) is 0 Å². The number of nitrogens with zero attached hydrogens (tertiary/aromatic N) is 3. The van der Waals surface area contributed by atoms with E-state index in [-0.39, 0.29) is 24.2 Å². The predicted octanol–water partition coefficient (Wildman–Crippen LogP) is 3.40. The molecule has 0 heterocycles. The number of nitro benzene ring substituents is 1. The van der Waals surface area contributed by atoms with Gasteiger partial charge in [-0.05, 0) is 38.1 Å². The molecule has 2 rings (SSSR count). The predicted molar refractivity (Wildman–Crippen MR) is 102 cm³/mol. The number of amides is 1. The number of hydrogen-bond acceptors (Lipinski definition) is 6. The van der Waals surface area contributed by atoms with E-state index < -0.39 is 22.9 Å². The molecule has 0 bridgehead atoms. The molecule has 1 unspecified atom stereocenters. The Labute approximate surface area is 162 Å². The van der Waals surface area contributed by atoms with Crippen molar-refractivity contribution in [2.75, 3.05) is 11.4 Å². The van der Waals surface area contributed by atoms with Crippen LogP contribution in [0.5, 0.6) is 0 Å². The summed E-state index contributed by atoms with van der Waals surface area (Å²) in [6, 6.07) is 14.6. The molecule has 0 saturated heterocycles. The normalized spacial score (nSPS) is 11.2. The molecule has 0 spiro atoms. The van der Waals surface area contributed by atoms with E-state index in [2.05, 4.69) is 0 Å². The largest absolute Gasteiger partial charge is 0.449 e. The van der Waals surface area contributed by atoms with Gasteiger partial charge in [-0.2, -0.15) is 5.26 Å². The van der Waals surface area contributed by atoms with Crippen LogP contribution in [0, 0.1) is 28.4 Å². The van der Waals surface area contributed by atoms with Crippen LogP contribution < -0.4 is 4.90 Å². The van der Waals surface area contributed by atoms with Gasteiger partial charge in [-0.25, -0.2) is 4.79 Å². The number of esters is 1. The number of ether oxygens (including phenoxy) is 1. The van der Waals surface area contributed by atoms with Crippen molar-refractivity contribution in [1.82, 2.24) is 0 Å². The number of carbonyl (C=O) groups excluding carboxylic acids is 2. The minimum Gasteiger partial charge on any atom is -0.449 e. The third kappa shape index (κ3) is 4.92. The Balaban J connectivity index is 2.15. The Hall–Kier alpha value is -3.73. The fourth-order valence-corrected chi connectivity index (χ4v) is 2.62. The van der Waals surface area contributed by atoms with Crippen LogP contribution in [-0.4, -0.2) is 29.4 Å². The SMILES string of the molecule is Cc1cc(C(=O)OC(C)C(=O)N(CCC#N)c2ccccc2)ccc1[N+](=O)[O-]. The van der Waals surface area contributed by atoms with Crippen molar-refractivity contribution < 1.29 is 19.2 Å². The monoisotopic (exact) mass is 381 g/mol. The van der Waals surface area contributed by atoms with Gasteiger partial charge in [0.2, 0.25) is 0 Å². The number of nitro groups is 1. The molecule has 0 fully saturated rings. The molecular weight excluding hydrogens is 362 g/mol. The Morgan fingerprint density at radius 3 is 2.50 bits per heavy atom. The Morgan fingerprint density at radius 2 is 1.93 bits per heavy atom. The van der Waals surface area contributed by atoms with Crippen molar-refractivity contribution in [3.8, 4) is 6.07 Å². The van der Waals surface area contributed by atoms with Crippen LogP contribution in [-0.2, 0) is 9.53 Å². The van der Waals surface area contributed by atoms with Gasteiger partial charge in [0, 0.05) is 23.9 Å². The summed E-state index contributed by atoms with van der Waals surface area (Å²) in [6.45, 7) is 3.13. The molecule has 144 valence electrons. The highest BCUT2D eigenvalue weighted by molar-refractivity contribution is 5.99. The van der Waals surface area contributed by atoms with E-state index in [1.54, 1.807) is 30.3 Å². The summed E-state index contributed by atoms with van der Waals surface area (Å²) in [7, 11) is 0. The first kappa shape index (κ1) is 20.6. The molecule has 0 aromatic heterocycles. The first-order valence-corrected chi connectivity index (χ1v) is 8.54. The molecule has 0 aliphatic rings. The van der Waals surface area contributed by atoms with E-state index in [1.807, 2.05) is 6.07 Å². The summed E-state index contributed by atoms with van der Waals surface area (Å²) in [5.74, 6) is -1.22. The van der Waals surface area contributed by atoms with E-state index in [9.17, 15) is 19.7 Å². The van der Waals surface area contributed by atoms with Gasteiger partial charge in [-0.3, -0.25) is 14.9 Å². The number of para-hydroxylation sites is 1. The zero-order chi connectivity index (χ0) is 20.7. The fourth-order valence-electron chi connectivity index (χ4n) is 2.62. The molecule has 1 atom stereocenters. The zero-order valence-corrected chi connectivity index (χ0v) is 15.5. The number of benzene rings is 2. The molecule has 0 N–H and O–H groups in total. The van der Waals surface area contributed by atoms with Gasteiger partial charge in [0.25, 0.3) is 11.6 Å². The minimum absolute atomic E-state index is 0.104. The standard InChI is InChI=1S/C20H19N3O5/c1-14-13-16(9-10-18(14)23(26)27)20(25)28-15(2)19(24)22(12-6-11-21)17-7-4-3-5-8-17/h3-5,7-10,13,15H,6,12H2,1-2H3. The fraction of sp³-hybridized carbons (Fsp3) is 0.250. The van der Waals surface area contributed by atoms with Crippen LogP contribution in [0.1, 0.15) is 29.3 Å². The lowest BCUT2D eigenvalue weighted by Gasteiger charge is -2.25. The van der Waals surface area contributed by atoms with Crippen LogP contribution >= 0.6 is 0 Å². The van der Waals surface area contributed by atoms with E-state index >= 15 is 0 Å². The van der Waals surface area contributed by atoms with Gasteiger partial charge >= 0.3 is 5.97 Å². The third-order valence-corrected chi connectivity index (χ3v) is 4.04. The van der Waals surface area contributed by atoms with E-state index in [1.165, 1.54) is 36.9 Å². The number of rotatable bonds is 7. The quantitative estimate of drug-likeness (QED) is 0.413. The third-order valence-electron chi connectivity index (χ3n) is 4.04. The van der Waals surface area contributed by atoms with Crippen LogP contribution in [0.25, 0.3) is 0 Å². The van der Waals surface area contributed by atoms with Crippen LogP contribution in [0.4, 0.5) is 11.4 Å². The van der Waals surface area contributed by atoms with E-state index in [4.69, 9.17) is 10.00 Å². The van der Waals surface area contributed by atoms with Crippen LogP contribution in [0.3, 0.4) is 0 Å². The molecule has 2 aromatic carbocycles. The maximum absolute atomic E-state index is 12.8. The Morgan fingerprint density at radius 1 is 1.25 bits per heavy atom. The van der Waals surface area contributed by atoms with Gasteiger partial charge in [0.1, 0.15) is 0 Å². The number of hydrogen-bond donors (Lipinski definition) is 0. The van der Waals surface area contributed by atoms with Crippen molar-refractivity contribution in [3.63, 3.8) is 0 Å². The molecule has 0 saturated carbocycles. The second-order valence-electron chi connectivity index (χ2n) is 6.04. The van der Waals surface area contributed by atoms with Crippen molar-refractivity contribution in [2.24, 2.45) is 0 Å². The second kappa shape index (κ2) is 9.28. The van der Waals surface area contributed by atoms with Crippen molar-refractivity contribution in [2.45, 2.75) is 26.4 Å². The van der Waals surface area contributed by atoms with Gasteiger partial charge in [-0.15, -0.1) is 0 Å². The van der Waals surface area contributed by atoms with Crippen molar-refractivity contribution in [1.29, 1.82) is 5.26 Å². The summed E-state index contributed by atoms with van der Waals surface area (Å²) in [6.07, 6.45) is -0.968. The highest BCUT2D eigenvalue weighted by Gasteiger charge is 2.26. The summed E-state index contributed by atoms with van der Waals surface area (Å²) < 4.78 is 5.25. The zero-order valence-electron chi connectivity index (χ0n) is 15.5. The van der Waals surface area contributed by atoms with E-state index in [0.29, 0.717) is 11.3 Å². The van der Waals surface area contributed by atoms with Crippen LogP contribution in [0.2, 0.25) is 0 Å². The number of anilines is 1. The molecule has 8 heteroatoms. The molecule has 2 aromatic rings. The smallest absolute Gasteiger partial charge is 0.338 e. The molecule has 1 amide bonds. The summed E-state index contributed by atoms with van der Waals surface area (Å²) >= 11 is 0. The summed E-state index contributed by atoms with van der Waals surface area (Å²) in [5.41, 5.74) is 0.925. The molecule has 0 aliphatic carbocycles. The average molecular weight is 381 g/mol. The second-order valence-corrected chi connectivity index (χ2v) is 6.04. The summed E-state index contributed by atoms with van der Waals surface area (Å²) in [4.78, 5) is 36.9. The number of aryl methyl sites for hydroxylation is 1. The summed E-state index contributed by atoms with van der Waals surface area (Å²) in [5, 5.41) is 19.7. The average Bonchev–Trinajstić information content (AvgIpc) is 2.68. The first-order chi connectivity index (χ1) is 13.3. The molecule has 0 aliphatic heterocycles. The Bertz CT molecular complexity index is 921. The maximum atomic E-state index is 12.8. The highest BCUT2D eigenvalue weighted by atomic mass is 16.6. The lowest BCUT2D eigenvalue weighted by molar-refractivity contribution is -0.385. The lowest BCUT2D eigenvalue weighted by Crippen LogP contribution is -2.40. The van der Waals surface area contributed by atoms with Crippen molar-refractivity contribution >= 4 is 23.3 Å². The van der Waals surface area contributed by atoms with Crippen LogP contribution in [0.15, 0.2) is 48.5 Å². The lowest BCUT2D eigenvalue weighted by atomic mass is 10.1. The maximum Gasteiger partial charge on any atom is 0.338 e. The first-order valence-electron chi connectivity index (χ1n) is 8.54. The number of carbonyl (C=O) groups is 2. The van der Waals surface area contributed by atoms with Crippen molar-refractivity contribution in [3.05, 3.63) is 69.8 Å². The van der Waals surface area contributed by atoms with Gasteiger partial charge in [-0.1, -0.05) is 18.2 Å².